The van der Waals surface area contributed by atoms with Crippen molar-refractivity contribution in [3.05, 3.63) is 53.6 Å². The van der Waals surface area contributed by atoms with Crippen LogP contribution in [0.15, 0.2) is 62.9 Å². The number of fused-ring (bicyclic) bond motifs is 1. The molecule has 7 nitrogen and oxygen atoms in total. The Labute approximate surface area is 156 Å². The molecule has 1 heterocycles. The molecule has 0 fully saturated rings. The molecule has 136 valence electrons. The first kappa shape index (κ1) is 18.4. The summed E-state index contributed by atoms with van der Waals surface area (Å²) in [6, 6.07) is 12.1. The van der Waals surface area contributed by atoms with E-state index in [2.05, 4.69) is 4.72 Å². The number of rotatable bonds is 6. The molecule has 0 bridgehead atoms. The first-order chi connectivity index (χ1) is 12.3. The number of hydrogen-bond donors (Lipinski definition) is 2. The zero-order chi connectivity index (χ0) is 18.9. The maximum absolute atomic E-state index is 12.6. The van der Waals surface area contributed by atoms with Crippen LogP contribution in [0.25, 0.3) is 11.0 Å². The number of carbonyl (C=O) groups is 1. The van der Waals surface area contributed by atoms with Crippen LogP contribution in [0.1, 0.15) is 0 Å². The second-order valence-electron chi connectivity index (χ2n) is 5.23. The van der Waals surface area contributed by atoms with E-state index in [0.717, 1.165) is 0 Å². The molecule has 1 unspecified atom stereocenters. The summed E-state index contributed by atoms with van der Waals surface area (Å²) in [5.41, 5.74) is 0.325. The van der Waals surface area contributed by atoms with E-state index >= 15 is 0 Å². The maximum Gasteiger partial charge on any atom is 0.316 e. The van der Waals surface area contributed by atoms with Crippen LogP contribution in [-0.2, 0) is 25.6 Å². The molecule has 2 N–H and O–H groups in total. The molecule has 10 heteroatoms. The van der Waals surface area contributed by atoms with E-state index in [1.165, 1.54) is 24.3 Å². The Hall–Kier alpha value is -2.36. The minimum atomic E-state index is -4.13. The van der Waals surface area contributed by atoms with Gasteiger partial charge in [-0.25, -0.2) is 0 Å². The van der Waals surface area contributed by atoms with Gasteiger partial charge < -0.3 is 9.52 Å². The summed E-state index contributed by atoms with van der Waals surface area (Å²) in [4.78, 5) is 10.8. The normalized spacial score (nSPS) is 12.8. The molecule has 0 aliphatic carbocycles. The van der Waals surface area contributed by atoms with Crippen molar-refractivity contribution in [3.8, 4) is 0 Å². The molecule has 3 rings (SSSR count). The first-order valence-corrected chi connectivity index (χ1v) is 10.4. The summed E-state index contributed by atoms with van der Waals surface area (Å²) in [6.45, 7) is 0. The van der Waals surface area contributed by atoms with Crippen molar-refractivity contribution in [1.82, 2.24) is 0 Å². The highest BCUT2D eigenvalue weighted by Gasteiger charge is 2.23. The summed E-state index contributed by atoms with van der Waals surface area (Å²) in [6.07, 6.45) is 0. The van der Waals surface area contributed by atoms with Crippen molar-refractivity contribution in [2.75, 3.05) is 10.5 Å². The second kappa shape index (κ2) is 7.10. The molecular weight excluding hydrogens is 402 g/mol. The lowest BCUT2D eigenvalue weighted by atomic mass is 10.3. The van der Waals surface area contributed by atoms with Crippen LogP contribution in [0.2, 0.25) is 5.02 Å². The zero-order valence-electron chi connectivity index (χ0n) is 13.0. The highest BCUT2D eigenvalue weighted by atomic mass is 35.5. The van der Waals surface area contributed by atoms with E-state index in [1.54, 1.807) is 24.3 Å². The second-order valence-corrected chi connectivity index (χ2v) is 8.70. The van der Waals surface area contributed by atoms with Crippen LogP contribution in [-0.4, -0.2) is 29.5 Å². The van der Waals surface area contributed by atoms with Gasteiger partial charge in [0.1, 0.15) is 11.3 Å². The van der Waals surface area contributed by atoms with Crippen molar-refractivity contribution in [3.63, 3.8) is 0 Å². The number of furan rings is 1. The number of aliphatic carboxylic acids is 1. The topological polar surface area (TPSA) is 114 Å². The van der Waals surface area contributed by atoms with Gasteiger partial charge in [0.2, 0.25) is 5.09 Å². The van der Waals surface area contributed by atoms with Gasteiger partial charge in [-0.2, -0.15) is 8.42 Å². The lowest BCUT2D eigenvalue weighted by molar-refractivity contribution is -0.133. The summed E-state index contributed by atoms with van der Waals surface area (Å²) in [5, 5.41) is 9.29. The number of para-hydroxylation sites is 1. The number of sulfonamides is 1. The first-order valence-electron chi connectivity index (χ1n) is 7.17. The van der Waals surface area contributed by atoms with Gasteiger partial charge in [0.05, 0.1) is 21.4 Å². The van der Waals surface area contributed by atoms with Gasteiger partial charge in [0, 0.05) is 16.5 Å². The van der Waals surface area contributed by atoms with Crippen molar-refractivity contribution < 1.29 is 26.9 Å². The van der Waals surface area contributed by atoms with Crippen LogP contribution in [0.3, 0.4) is 0 Å². The van der Waals surface area contributed by atoms with Crippen LogP contribution < -0.4 is 4.72 Å². The highest BCUT2D eigenvalue weighted by molar-refractivity contribution is 7.92. The van der Waals surface area contributed by atoms with Crippen LogP contribution in [0, 0.1) is 0 Å². The minimum absolute atomic E-state index is 0.0106. The number of nitrogens with one attached hydrogen (secondary N) is 1. The lowest BCUT2D eigenvalue weighted by Gasteiger charge is -2.11. The van der Waals surface area contributed by atoms with E-state index in [1.807, 2.05) is 0 Å². The van der Waals surface area contributed by atoms with Gasteiger partial charge in [-0.3, -0.25) is 13.7 Å². The van der Waals surface area contributed by atoms with E-state index in [4.69, 9.17) is 21.1 Å². The Morgan fingerprint density at radius 1 is 1.19 bits per heavy atom. The van der Waals surface area contributed by atoms with Crippen molar-refractivity contribution in [2.24, 2.45) is 0 Å². The molecule has 0 radical (unpaired) electrons. The Morgan fingerprint density at radius 2 is 1.92 bits per heavy atom. The molecule has 2 aromatic carbocycles. The van der Waals surface area contributed by atoms with Crippen molar-refractivity contribution >= 4 is 55.0 Å². The van der Waals surface area contributed by atoms with Crippen LogP contribution in [0.4, 0.5) is 5.69 Å². The number of hydrogen-bond acceptors (Lipinski definition) is 5. The van der Waals surface area contributed by atoms with Gasteiger partial charge in [-0.05, 0) is 24.3 Å². The molecule has 1 aromatic heterocycles. The largest absolute Gasteiger partial charge is 0.481 e. The lowest BCUT2D eigenvalue weighted by Crippen LogP contribution is -2.16. The molecule has 1 atom stereocenters. The highest BCUT2D eigenvalue weighted by Crippen LogP contribution is 2.29. The molecule has 3 aromatic rings. The Bertz CT molecular complexity index is 1090. The molecule has 0 saturated heterocycles. The van der Waals surface area contributed by atoms with Gasteiger partial charge in [0.15, 0.2) is 0 Å². The van der Waals surface area contributed by atoms with Gasteiger partial charge >= 0.3 is 5.97 Å². The fraction of sp³-hybridized carbons (Fsp3) is 0.0625. The smallest absolute Gasteiger partial charge is 0.316 e. The van der Waals surface area contributed by atoms with Crippen molar-refractivity contribution in [1.29, 1.82) is 0 Å². The molecule has 0 amide bonds. The summed E-state index contributed by atoms with van der Waals surface area (Å²) in [7, 11) is -6.09. The average Bonchev–Trinajstić information content (AvgIpc) is 2.99. The van der Waals surface area contributed by atoms with Crippen LogP contribution >= 0.6 is 11.6 Å². The maximum atomic E-state index is 12.6. The fourth-order valence-corrected chi connectivity index (χ4v) is 4.49. The summed E-state index contributed by atoms with van der Waals surface area (Å²) < 4.78 is 45.0. The molecule has 0 aliphatic heterocycles. The zero-order valence-corrected chi connectivity index (χ0v) is 15.4. The third-order valence-electron chi connectivity index (χ3n) is 3.35. The van der Waals surface area contributed by atoms with E-state index in [0.29, 0.717) is 11.0 Å². The minimum Gasteiger partial charge on any atom is -0.481 e. The Balaban J connectivity index is 2.00. The predicted molar refractivity (Wildman–Crippen MR) is 97.4 cm³/mol. The number of carboxylic acids is 1. The molecule has 26 heavy (non-hydrogen) atoms. The van der Waals surface area contributed by atoms with Gasteiger partial charge in [-0.1, -0.05) is 29.8 Å². The van der Waals surface area contributed by atoms with Crippen LogP contribution in [0.5, 0.6) is 0 Å². The molecule has 0 spiro atoms. The quantitative estimate of drug-likeness (QED) is 0.641. The van der Waals surface area contributed by atoms with E-state index < -0.39 is 32.5 Å². The number of anilines is 1. The van der Waals surface area contributed by atoms with E-state index in [-0.39, 0.29) is 20.7 Å². The number of carboxylic acid groups (broad SMARTS) is 1. The standard InChI is InChI=1S/C16H12ClNO6S2/c17-11-5-6-14(25(21)9-15(19)20)12(8-11)18-26(22,23)16-7-10-3-1-2-4-13(10)24-16/h1-8,18H,9H2,(H,19,20). The third kappa shape index (κ3) is 3.90. The predicted octanol–water partition coefficient (Wildman–Crippen LogP) is 3.08. The number of halogens is 1. The number of benzene rings is 2. The summed E-state index contributed by atoms with van der Waals surface area (Å²) in [5.74, 6) is -1.94. The van der Waals surface area contributed by atoms with Crippen molar-refractivity contribution in [2.45, 2.75) is 9.99 Å². The fourth-order valence-electron chi connectivity index (χ4n) is 2.26. The molecular formula is C16H12ClNO6S2. The van der Waals surface area contributed by atoms with E-state index in [9.17, 15) is 17.4 Å². The third-order valence-corrected chi connectivity index (χ3v) is 6.16. The van der Waals surface area contributed by atoms with Gasteiger partial charge in [0.25, 0.3) is 10.0 Å². The Morgan fingerprint density at radius 3 is 2.62 bits per heavy atom. The summed E-state index contributed by atoms with van der Waals surface area (Å²) >= 11 is 5.89. The van der Waals surface area contributed by atoms with Gasteiger partial charge in [-0.15, -0.1) is 0 Å². The molecule has 0 aliphatic rings. The molecule has 0 saturated carbocycles. The monoisotopic (exact) mass is 413 g/mol. The average molecular weight is 414 g/mol. The SMILES string of the molecule is O=C(O)CS(=O)c1ccc(Cl)cc1NS(=O)(=O)c1cc2ccccc2o1. The Kier molecular flexibility index (Phi) is 5.03.